The number of carbonyl (C=O) groups excluding carboxylic acids is 1. The molecule has 1 N–H and O–H groups in total. The number of hydrogen-bond donors (Lipinski definition) is 1. The minimum absolute atomic E-state index is 0.151. The molecular formula is C14H20N2O. The summed E-state index contributed by atoms with van der Waals surface area (Å²) in [5.41, 5.74) is 3.50. The smallest absolute Gasteiger partial charge is 0.248 e. The highest BCUT2D eigenvalue weighted by Gasteiger charge is 2.35. The number of fused-ring (bicyclic) bond motifs is 1. The van der Waals surface area contributed by atoms with E-state index in [0.29, 0.717) is 0 Å². The van der Waals surface area contributed by atoms with Crippen LogP contribution >= 0.6 is 0 Å². The van der Waals surface area contributed by atoms with Crippen LogP contribution in [-0.2, 0) is 11.2 Å². The van der Waals surface area contributed by atoms with Crippen LogP contribution in [0.25, 0.3) is 0 Å². The number of aryl methyl sites for hydroxylation is 1. The molecule has 0 saturated heterocycles. The molecular weight excluding hydrogens is 212 g/mol. The lowest BCUT2D eigenvalue weighted by Gasteiger charge is -2.15. The van der Waals surface area contributed by atoms with Crippen molar-refractivity contribution in [3.63, 3.8) is 0 Å². The standard InChI is InChI=1S/C14H20N2O/c1-4-10-7-8-12-11(9-10)13(15-5-2)14(17)16(12)6-3/h7-9,13,15H,4-6H2,1-3H3. The summed E-state index contributed by atoms with van der Waals surface area (Å²) in [5.74, 6) is 0.178. The predicted octanol–water partition coefficient (Wildman–Crippen LogP) is 2.27. The molecule has 0 fully saturated rings. The normalized spacial score (nSPS) is 18.6. The molecule has 1 aromatic carbocycles. The number of amides is 1. The second-order valence-corrected chi connectivity index (χ2v) is 4.32. The third kappa shape index (κ3) is 1.95. The van der Waals surface area contributed by atoms with Gasteiger partial charge in [-0.15, -0.1) is 0 Å². The van der Waals surface area contributed by atoms with Gasteiger partial charge in [0.2, 0.25) is 5.91 Å². The lowest BCUT2D eigenvalue weighted by Crippen LogP contribution is -2.34. The van der Waals surface area contributed by atoms with Crippen LogP contribution in [0.3, 0.4) is 0 Å². The van der Waals surface area contributed by atoms with E-state index >= 15 is 0 Å². The van der Waals surface area contributed by atoms with Crippen molar-refractivity contribution in [2.75, 3.05) is 18.0 Å². The van der Waals surface area contributed by atoms with Crippen molar-refractivity contribution in [3.05, 3.63) is 29.3 Å². The van der Waals surface area contributed by atoms with Crippen molar-refractivity contribution in [3.8, 4) is 0 Å². The molecule has 0 spiro atoms. The Morgan fingerprint density at radius 2 is 2.06 bits per heavy atom. The van der Waals surface area contributed by atoms with E-state index in [-0.39, 0.29) is 11.9 Å². The van der Waals surface area contributed by atoms with Crippen molar-refractivity contribution >= 4 is 11.6 Å². The number of nitrogens with one attached hydrogen (secondary N) is 1. The van der Waals surface area contributed by atoms with Crippen molar-refractivity contribution in [1.82, 2.24) is 5.32 Å². The summed E-state index contributed by atoms with van der Waals surface area (Å²) < 4.78 is 0. The fraction of sp³-hybridized carbons (Fsp3) is 0.500. The van der Waals surface area contributed by atoms with Crippen LogP contribution in [0.2, 0.25) is 0 Å². The molecule has 92 valence electrons. The first-order chi connectivity index (χ1) is 8.22. The van der Waals surface area contributed by atoms with Crippen LogP contribution < -0.4 is 10.2 Å². The zero-order chi connectivity index (χ0) is 12.4. The first-order valence-electron chi connectivity index (χ1n) is 6.40. The number of carbonyl (C=O) groups is 1. The number of hydrogen-bond acceptors (Lipinski definition) is 2. The van der Waals surface area contributed by atoms with Crippen molar-refractivity contribution in [2.24, 2.45) is 0 Å². The minimum atomic E-state index is -0.151. The SMILES string of the molecule is CCNC1C(=O)N(CC)c2ccc(CC)cc21. The zero-order valence-corrected chi connectivity index (χ0v) is 10.8. The van der Waals surface area contributed by atoms with Gasteiger partial charge in [-0.1, -0.05) is 26.0 Å². The Morgan fingerprint density at radius 3 is 2.65 bits per heavy atom. The van der Waals surface area contributed by atoms with Gasteiger partial charge in [0.05, 0.1) is 0 Å². The van der Waals surface area contributed by atoms with E-state index in [1.807, 2.05) is 18.7 Å². The maximum atomic E-state index is 12.2. The van der Waals surface area contributed by atoms with Gasteiger partial charge in [-0.2, -0.15) is 0 Å². The fourth-order valence-electron chi connectivity index (χ4n) is 2.44. The van der Waals surface area contributed by atoms with Crippen molar-refractivity contribution in [1.29, 1.82) is 0 Å². The minimum Gasteiger partial charge on any atom is -0.311 e. The lowest BCUT2D eigenvalue weighted by molar-refractivity contribution is -0.119. The lowest BCUT2D eigenvalue weighted by atomic mass is 10.0. The van der Waals surface area contributed by atoms with Gasteiger partial charge in [0.15, 0.2) is 0 Å². The monoisotopic (exact) mass is 232 g/mol. The van der Waals surface area contributed by atoms with Gasteiger partial charge in [-0.25, -0.2) is 0 Å². The Kier molecular flexibility index (Phi) is 3.48. The Hall–Kier alpha value is -1.35. The summed E-state index contributed by atoms with van der Waals surface area (Å²) in [7, 11) is 0. The summed E-state index contributed by atoms with van der Waals surface area (Å²) in [5, 5.41) is 3.27. The molecule has 0 saturated carbocycles. The average molecular weight is 232 g/mol. The first-order valence-corrected chi connectivity index (χ1v) is 6.40. The van der Waals surface area contributed by atoms with Gasteiger partial charge in [0, 0.05) is 17.8 Å². The van der Waals surface area contributed by atoms with Crippen molar-refractivity contribution in [2.45, 2.75) is 33.2 Å². The van der Waals surface area contributed by atoms with E-state index in [1.54, 1.807) is 0 Å². The molecule has 2 rings (SSSR count). The molecule has 3 nitrogen and oxygen atoms in total. The molecule has 1 aliphatic rings. The number of rotatable bonds is 4. The Balaban J connectivity index is 2.45. The zero-order valence-electron chi connectivity index (χ0n) is 10.8. The number of benzene rings is 1. The van der Waals surface area contributed by atoms with Crippen LogP contribution in [-0.4, -0.2) is 19.0 Å². The van der Waals surface area contributed by atoms with E-state index in [4.69, 9.17) is 0 Å². The molecule has 0 radical (unpaired) electrons. The maximum absolute atomic E-state index is 12.2. The van der Waals surface area contributed by atoms with E-state index in [2.05, 4.69) is 30.4 Å². The van der Waals surface area contributed by atoms with Crippen LogP contribution in [0.1, 0.15) is 37.9 Å². The molecule has 1 atom stereocenters. The molecule has 1 amide bonds. The summed E-state index contributed by atoms with van der Waals surface area (Å²) >= 11 is 0. The summed E-state index contributed by atoms with van der Waals surface area (Å²) in [6.45, 7) is 7.73. The average Bonchev–Trinajstić information content (AvgIpc) is 2.62. The van der Waals surface area contributed by atoms with E-state index < -0.39 is 0 Å². The molecule has 1 heterocycles. The molecule has 0 aromatic heterocycles. The maximum Gasteiger partial charge on any atom is 0.248 e. The van der Waals surface area contributed by atoms with Gasteiger partial charge in [0.25, 0.3) is 0 Å². The Labute approximate surface area is 103 Å². The van der Waals surface area contributed by atoms with Crippen molar-refractivity contribution < 1.29 is 4.79 Å². The highest BCUT2D eigenvalue weighted by molar-refractivity contribution is 6.04. The third-order valence-corrected chi connectivity index (χ3v) is 3.34. The summed E-state index contributed by atoms with van der Waals surface area (Å²) in [6.07, 6.45) is 1.01. The van der Waals surface area contributed by atoms with Crippen LogP contribution in [0.5, 0.6) is 0 Å². The van der Waals surface area contributed by atoms with Gasteiger partial charge in [0.1, 0.15) is 6.04 Å². The van der Waals surface area contributed by atoms with E-state index in [9.17, 15) is 4.79 Å². The van der Waals surface area contributed by atoms with E-state index in [0.717, 1.165) is 30.8 Å². The van der Waals surface area contributed by atoms with Gasteiger partial charge in [-0.05, 0) is 31.5 Å². The Morgan fingerprint density at radius 1 is 1.29 bits per heavy atom. The topological polar surface area (TPSA) is 32.3 Å². The molecule has 3 heteroatoms. The van der Waals surface area contributed by atoms with Gasteiger partial charge in [-0.3, -0.25) is 4.79 Å². The first kappa shape index (κ1) is 12.1. The fourth-order valence-corrected chi connectivity index (χ4v) is 2.44. The van der Waals surface area contributed by atoms with E-state index in [1.165, 1.54) is 5.56 Å². The number of nitrogens with zero attached hydrogens (tertiary/aromatic N) is 1. The molecule has 0 bridgehead atoms. The summed E-state index contributed by atoms with van der Waals surface area (Å²) in [4.78, 5) is 14.1. The summed E-state index contributed by atoms with van der Waals surface area (Å²) in [6, 6.07) is 6.20. The van der Waals surface area contributed by atoms with Crippen LogP contribution in [0.15, 0.2) is 18.2 Å². The van der Waals surface area contributed by atoms with Crippen LogP contribution in [0, 0.1) is 0 Å². The predicted molar refractivity (Wildman–Crippen MR) is 70.3 cm³/mol. The molecule has 1 aliphatic heterocycles. The largest absolute Gasteiger partial charge is 0.311 e. The second kappa shape index (κ2) is 4.88. The van der Waals surface area contributed by atoms with Gasteiger partial charge < -0.3 is 10.2 Å². The quantitative estimate of drug-likeness (QED) is 0.863. The molecule has 1 aromatic rings. The third-order valence-electron chi connectivity index (χ3n) is 3.34. The highest BCUT2D eigenvalue weighted by Crippen LogP contribution is 2.36. The number of likely N-dealkylation sites (N-methyl/N-ethyl adjacent to an activating group) is 2. The Bertz CT molecular complexity index is 428. The number of anilines is 1. The van der Waals surface area contributed by atoms with Gasteiger partial charge >= 0.3 is 0 Å². The molecule has 0 aliphatic carbocycles. The molecule has 17 heavy (non-hydrogen) atoms. The second-order valence-electron chi connectivity index (χ2n) is 4.32. The van der Waals surface area contributed by atoms with Crippen LogP contribution in [0.4, 0.5) is 5.69 Å². The molecule has 1 unspecified atom stereocenters. The highest BCUT2D eigenvalue weighted by atomic mass is 16.2.